The molecule has 48 heavy (non-hydrogen) atoms. The van der Waals surface area contributed by atoms with Gasteiger partial charge in [-0.3, -0.25) is 9.59 Å². The van der Waals surface area contributed by atoms with Crippen LogP contribution in [0, 0.1) is 12.3 Å². The van der Waals surface area contributed by atoms with Gasteiger partial charge in [-0.2, -0.15) is 0 Å². The van der Waals surface area contributed by atoms with Gasteiger partial charge in [-0.05, 0) is 56.8 Å². The van der Waals surface area contributed by atoms with Crippen LogP contribution in [0.5, 0.6) is 5.75 Å². The van der Waals surface area contributed by atoms with Gasteiger partial charge in [0.2, 0.25) is 18.1 Å². The van der Waals surface area contributed by atoms with Crippen LogP contribution in [0.3, 0.4) is 0 Å². The molecule has 4 rings (SSSR count). The summed E-state index contributed by atoms with van der Waals surface area (Å²) in [6.45, 7) is 6.96. The largest absolute Gasteiger partial charge is 0.462 e. The van der Waals surface area contributed by atoms with Crippen molar-refractivity contribution in [3.05, 3.63) is 36.2 Å². The average Bonchev–Trinajstić information content (AvgIpc) is 3.10. The van der Waals surface area contributed by atoms with Crippen LogP contribution in [0.15, 0.2) is 24.3 Å². The van der Waals surface area contributed by atoms with Gasteiger partial charge in [0.05, 0.1) is 12.7 Å². The average molecular weight is 683 g/mol. The standard InChI is InChI=1S/C33H52N3O12/c1-4-18(2)31(44)36-14-6-5-12-34-22(16-24(38)35-13-7-15-36)20-8-10-21(11-9-20)46-33-30(28(42)25(39)19(3)45-33)48-32-29(43)27(41)26(40)23(17-37)47-32/h6,8-11,18-19,22-23,25-30,32-34,37,39-43H,4-5,7,12-17H2,1-3H3,(H,35,38)/t18?,19-,22?,23+,25-,26+,27-,28+,29+,30+,32-,33-/m0/s1. The molecule has 1 aromatic rings. The summed E-state index contributed by atoms with van der Waals surface area (Å²) in [5.74, 6) is 0.258. The van der Waals surface area contributed by atoms with Gasteiger partial charge in [-0.25, -0.2) is 0 Å². The highest BCUT2D eigenvalue weighted by atomic mass is 16.8. The molecule has 2 amide bonds. The van der Waals surface area contributed by atoms with Crippen LogP contribution in [-0.4, -0.2) is 142 Å². The Morgan fingerprint density at radius 1 is 1.00 bits per heavy atom. The molecule has 3 fully saturated rings. The Bertz CT molecular complexity index is 1160. The highest BCUT2D eigenvalue weighted by Crippen LogP contribution is 2.31. The number of nitrogens with one attached hydrogen (secondary N) is 2. The predicted molar refractivity (Wildman–Crippen MR) is 170 cm³/mol. The first kappa shape index (κ1) is 38.4. The van der Waals surface area contributed by atoms with Gasteiger partial charge in [-0.1, -0.05) is 26.0 Å². The summed E-state index contributed by atoms with van der Waals surface area (Å²) in [6, 6.07) is 6.60. The van der Waals surface area contributed by atoms with Crippen LogP contribution in [0.25, 0.3) is 0 Å². The minimum atomic E-state index is -1.74. The molecule has 0 bridgehead atoms. The third-order valence-corrected chi connectivity index (χ3v) is 9.21. The molecular weight excluding hydrogens is 630 g/mol. The zero-order valence-electron chi connectivity index (χ0n) is 27.8. The number of amides is 2. The third-order valence-electron chi connectivity index (χ3n) is 9.21. The van der Waals surface area contributed by atoms with Gasteiger partial charge in [0, 0.05) is 38.0 Å². The first-order chi connectivity index (χ1) is 22.9. The number of aliphatic hydroxyl groups is 6. The Kier molecular flexibility index (Phi) is 14.4. The second-order valence-electron chi connectivity index (χ2n) is 12.8. The fourth-order valence-corrected chi connectivity index (χ4v) is 5.94. The quantitative estimate of drug-likeness (QED) is 0.161. The summed E-state index contributed by atoms with van der Waals surface area (Å²) in [5.41, 5.74) is 0.823. The molecule has 8 N–H and O–H groups in total. The number of carbonyl (C=O) groups is 2. The van der Waals surface area contributed by atoms with Crippen LogP contribution in [0.2, 0.25) is 0 Å². The molecule has 0 aliphatic carbocycles. The van der Waals surface area contributed by atoms with Gasteiger partial charge in [0.25, 0.3) is 0 Å². The summed E-state index contributed by atoms with van der Waals surface area (Å²) in [6.07, 6.45) is -10.0. The second kappa shape index (κ2) is 18.0. The zero-order valence-corrected chi connectivity index (χ0v) is 27.8. The molecule has 2 unspecified atom stereocenters. The number of carbonyl (C=O) groups excluding carboxylic acids is 2. The van der Waals surface area contributed by atoms with Crippen molar-refractivity contribution in [3.63, 3.8) is 0 Å². The molecule has 3 aliphatic rings. The van der Waals surface area contributed by atoms with Crippen molar-refractivity contribution < 1.29 is 59.2 Å². The number of ether oxygens (including phenoxy) is 4. The number of hydrogen-bond donors (Lipinski definition) is 8. The van der Waals surface area contributed by atoms with Gasteiger partial charge in [0.1, 0.15) is 42.4 Å². The highest BCUT2D eigenvalue weighted by molar-refractivity contribution is 5.78. The Labute approximate surface area is 281 Å². The lowest BCUT2D eigenvalue weighted by Gasteiger charge is -2.45. The maximum Gasteiger partial charge on any atom is 0.229 e. The molecule has 1 aromatic carbocycles. The minimum absolute atomic E-state index is 0.0521. The fourth-order valence-electron chi connectivity index (χ4n) is 5.94. The lowest BCUT2D eigenvalue weighted by Crippen LogP contribution is -2.64. The first-order valence-corrected chi connectivity index (χ1v) is 16.8. The number of rotatable bonds is 8. The summed E-state index contributed by atoms with van der Waals surface area (Å²) >= 11 is 0. The van der Waals surface area contributed by atoms with Gasteiger partial charge < -0.3 is 65.1 Å². The summed E-state index contributed by atoms with van der Waals surface area (Å²) < 4.78 is 23.0. The van der Waals surface area contributed by atoms with Crippen LogP contribution in [-0.2, 0) is 23.8 Å². The minimum Gasteiger partial charge on any atom is -0.462 e. The van der Waals surface area contributed by atoms with E-state index in [1.165, 1.54) is 6.92 Å². The van der Waals surface area contributed by atoms with Crippen molar-refractivity contribution >= 4 is 11.8 Å². The van der Waals surface area contributed by atoms with E-state index in [9.17, 15) is 40.2 Å². The van der Waals surface area contributed by atoms with Gasteiger partial charge >= 0.3 is 0 Å². The maximum atomic E-state index is 12.8. The molecule has 15 nitrogen and oxygen atoms in total. The number of aliphatic hydroxyl groups excluding tert-OH is 6. The smallest absolute Gasteiger partial charge is 0.229 e. The monoisotopic (exact) mass is 682 g/mol. The number of hydrogen-bond acceptors (Lipinski definition) is 13. The molecule has 12 atom stereocenters. The molecule has 3 aliphatic heterocycles. The predicted octanol–water partition coefficient (Wildman–Crippen LogP) is -1.27. The van der Waals surface area contributed by atoms with E-state index >= 15 is 0 Å². The highest BCUT2D eigenvalue weighted by Gasteiger charge is 2.50. The van der Waals surface area contributed by atoms with E-state index in [1.807, 2.05) is 18.7 Å². The van der Waals surface area contributed by atoms with E-state index in [4.69, 9.17) is 18.9 Å². The lowest BCUT2D eigenvalue weighted by atomic mass is 9.97. The van der Waals surface area contributed by atoms with Gasteiger partial charge in [-0.15, -0.1) is 0 Å². The van der Waals surface area contributed by atoms with E-state index in [2.05, 4.69) is 17.1 Å². The summed E-state index contributed by atoms with van der Waals surface area (Å²) in [5, 5.41) is 68.0. The molecule has 15 heteroatoms. The molecule has 0 aromatic heterocycles. The molecule has 271 valence electrons. The van der Waals surface area contributed by atoms with Crippen LogP contribution in [0.1, 0.15) is 58.1 Å². The normalized spacial score (nSPS) is 36.6. The first-order valence-electron chi connectivity index (χ1n) is 16.8. The maximum absolute atomic E-state index is 12.8. The lowest BCUT2D eigenvalue weighted by molar-refractivity contribution is -0.355. The Balaban J connectivity index is 1.42. The van der Waals surface area contributed by atoms with E-state index in [0.29, 0.717) is 44.8 Å². The van der Waals surface area contributed by atoms with Crippen LogP contribution < -0.4 is 15.4 Å². The molecule has 3 saturated heterocycles. The van der Waals surface area contributed by atoms with Crippen molar-refractivity contribution in [1.82, 2.24) is 15.5 Å². The number of benzene rings is 1. The Hall–Kier alpha value is -2.44. The van der Waals surface area contributed by atoms with Gasteiger partial charge in [0.15, 0.2) is 12.4 Å². The molecule has 1 radical (unpaired) electrons. The van der Waals surface area contributed by atoms with Crippen molar-refractivity contribution in [1.29, 1.82) is 0 Å². The van der Waals surface area contributed by atoms with E-state index in [1.54, 1.807) is 24.3 Å². The second-order valence-corrected chi connectivity index (χ2v) is 12.8. The van der Waals surface area contributed by atoms with E-state index in [-0.39, 0.29) is 30.2 Å². The van der Waals surface area contributed by atoms with Crippen molar-refractivity contribution in [2.45, 2.75) is 114 Å². The van der Waals surface area contributed by atoms with E-state index < -0.39 is 68.0 Å². The van der Waals surface area contributed by atoms with Crippen molar-refractivity contribution in [2.75, 3.05) is 32.8 Å². The third kappa shape index (κ3) is 9.62. The summed E-state index contributed by atoms with van der Waals surface area (Å²) in [4.78, 5) is 27.5. The number of nitrogens with zero attached hydrogens (tertiary/aromatic N) is 1. The Morgan fingerprint density at radius 2 is 1.73 bits per heavy atom. The Morgan fingerprint density at radius 3 is 2.42 bits per heavy atom. The van der Waals surface area contributed by atoms with E-state index in [0.717, 1.165) is 12.0 Å². The molecule has 0 spiro atoms. The molecule has 3 heterocycles. The molecule has 0 saturated carbocycles. The van der Waals surface area contributed by atoms with Crippen LogP contribution >= 0.6 is 0 Å². The SMILES string of the molecule is CCC(C)C(=O)N1C[CH]CCNC(c2ccc(O[C@@H]3O[C@@H](C)[C@H](O)[C@@H](O)[C@H]3O[C@@H]3O[C@H](CO)[C@@H](O)[C@H](O)[C@H]3O)cc2)CC(=O)NCCC1. The summed E-state index contributed by atoms with van der Waals surface area (Å²) in [7, 11) is 0. The topological polar surface area (TPSA) is 220 Å². The van der Waals surface area contributed by atoms with Crippen molar-refractivity contribution in [3.8, 4) is 5.75 Å². The van der Waals surface area contributed by atoms with Crippen molar-refractivity contribution in [2.24, 2.45) is 5.92 Å². The molecular formula is C33H52N3O12. The van der Waals surface area contributed by atoms with Crippen LogP contribution in [0.4, 0.5) is 0 Å². The zero-order chi connectivity index (χ0) is 35.0. The fraction of sp³-hybridized carbons (Fsp3) is 0.727.